The predicted octanol–water partition coefficient (Wildman–Crippen LogP) is -0.318. The van der Waals surface area contributed by atoms with E-state index < -0.39 is 53.8 Å². The molecule has 0 aliphatic carbocycles. The van der Waals surface area contributed by atoms with E-state index in [-0.39, 0.29) is 19.1 Å². The Balaban J connectivity index is 1.59. The van der Waals surface area contributed by atoms with Gasteiger partial charge in [-0.2, -0.15) is 11.8 Å². The second kappa shape index (κ2) is 14.2. The molecule has 230 valence electrons. The fraction of sp³-hybridized carbons (Fsp3) is 0.621. The zero-order valence-electron chi connectivity index (χ0n) is 24.2. The van der Waals surface area contributed by atoms with E-state index in [0.717, 1.165) is 5.56 Å². The Bertz CT molecular complexity index is 1170. The lowest BCUT2D eigenvalue weighted by Crippen LogP contribution is -2.57. The second-order valence-corrected chi connectivity index (χ2v) is 12.2. The molecular formula is C29H41N5O7S. The minimum atomic E-state index is -1.19. The molecule has 12 nitrogen and oxygen atoms in total. The van der Waals surface area contributed by atoms with Crippen molar-refractivity contribution in [2.45, 2.75) is 57.2 Å². The van der Waals surface area contributed by atoms with E-state index >= 15 is 0 Å². The maximum atomic E-state index is 13.2. The van der Waals surface area contributed by atoms with Crippen LogP contribution in [-0.2, 0) is 30.4 Å². The Morgan fingerprint density at radius 1 is 1.12 bits per heavy atom. The van der Waals surface area contributed by atoms with E-state index in [9.17, 15) is 29.1 Å². The molecule has 42 heavy (non-hydrogen) atoms. The van der Waals surface area contributed by atoms with E-state index in [1.165, 1.54) is 16.7 Å². The van der Waals surface area contributed by atoms with Crippen molar-refractivity contribution in [3.8, 4) is 5.75 Å². The Hall–Kier alpha value is -3.32. The van der Waals surface area contributed by atoms with Crippen LogP contribution in [0, 0.1) is 5.41 Å². The van der Waals surface area contributed by atoms with Gasteiger partial charge in [-0.15, -0.1) is 0 Å². The molecule has 2 fully saturated rings. The van der Waals surface area contributed by atoms with Crippen molar-refractivity contribution in [2.75, 3.05) is 51.4 Å². The quantitative estimate of drug-likeness (QED) is 0.366. The first kappa shape index (κ1) is 31.6. The third-order valence-corrected chi connectivity index (χ3v) is 8.87. The molecule has 4 rings (SSSR count). The molecule has 5 amide bonds. The molecular weight excluding hydrogens is 562 g/mol. The molecule has 3 aliphatic rings. The van der Waals surface area contributed by atoms with E-state index in [4.69, 9.17) is 4.74 Å². The molecule has 3 heterocycles. The summed E-state index contributed by atoms with van der Waals surface area (Å²) in [6, 6.07) is 4.52. The van der Waals surface area contributed by atoms with Gasteiger partial charge in [0.15, 0.2) is 6.61 Å². The maximum absolute atomic E-state index is 13.2. The molecule has 4 N–H and O–H groups in total. The molecule has 3 atom stereocenters. The standard InChI is InChI=1S/C29H41N5O7S/c1-19-28(40)34-10-4-7-23(34)27(39)32-22(15-35)26(38)30-18-29(8-11-33(12-9-29)25(37)17-42-2)14-20-5-3-6-21(13-20)41-16-24(36)31-19/h3,5-6,13,19,22-23,35H,4,7-12,14-18H2,1-2H3,(H,30,38)(H,31,36)(H,32,39)/t19-,22-,23-/m0/s1. The van der Waals surface area contributed by atoms with Crippen LogP contribution in [0.25, 0.3) is 0 Å². The zero-order chi connectivity index (χ0) is 30.3. The highest BCUT2D eigenvalue weighted by molar-refractivity contribution is 7.99. The lowest BCUT2D eigenvalue weighted by Gasteiger charge is -2.42. The summed E-state index contributed by atoms with van der Waals surface area (Å²) in [4.78, 5) is 68.0. The molecule has 0 unspecified atom stereocenters. The molecule has 2 saturated heterocycles. The lowest BCUT2D eigenvalue weighted by atomic mass is 9.73. The number of carbonyl (C=O) groups is 5. The fourth-order valence-corrected chi connectivity index (χ4v) is 6.37. The van der Waals surface area contributed by atoms with Crippen LogP contribution in [0.1, 0.15) is 38.2 Å². The number of aliphatic hydroxyl groups is 1. The Labute approximate surface area is 250 Å². The van der Waals surface area contributed by atoms with Gasteiger partial charge in [0.05, 0.1) is 12.4 Å². The van der Waals surface area contributed by atoms with Gasteiger partial charge in [-0.3, -0.25) is 24.0 Å². The summed E-state index contributed by atoms with van der Waals surface area (Å²) in [6.07, 6.45) is 4.77. The fourth-order valence-electron chi connectivity index (χ4n) is 5.94. The maximum Gasteiger partial charge on any atom is 0.258 e. The molecule has 1 spiro atoms. The van der Waals surface area contributed by atoms with Crippen molar-refractivity contribution < 1.29 is 33.8 Å². The number of benzene rings is 1. The van der Waals surface area contributed by atoms with Crippen LogP contribution in [0.3, 0.4) is 0 Å². The molecule has 1 aromatic carbocycles. The van der Waals surface area contributed by atoms with Gasteiger partial charge < -0.3 is 35.6 Å². The van der Waals surface area contributed by atoms with Crippen LogP contribution >= 0.6 is 11.8 Å². The number of likely N-dealkylation sites (tertiary alicyclic amines) is 1. The molecule has 3 aliphatic heterocycles. The molecule has 1 aromatic rings. The first-order valence-electron chi connectivity index (χ1n) is 14.4. The van der Waals surface area contributed by atoms with Crippen molar-refractivity contribution in [1.29, 1.82) is 0 Å². The number of hydrogen-bond acceptors (Lipinski definition) is 8. The summed E-state index contributed by atoms with van der Waals surface area (Å²) in [5, 5.41) is 18.2. The topological polar surface area (TPSA) is 157 Å². The third kappa shape index (κ3) is 7.74. The van der Waals surface area contributed by atoms with Crippen molar-refractivity contribution in [3.63, 3.8) is 0 Å². The Morgan fingerprint density at radius 3 is 2.60 bits per heavy atom. The predicted molar refractivity (Wildman–Crippen MR) is 157 cm³/mol. The van der Waals surface area contributed by atoms with Crippen molar-refractivity contribution in [2.24, 2.45) is 5.41 Å². The number of carbonyl (C=O) groups excluding carboxylic acids is 5. The number of aliphatic hydroxyl groups excluding tert-OH is 1. The molecule has 0 saturated carbocycles. The minimum Gasteiger partial charge on any atom is -0.484 e. The number of ether oxygens (including phenoxy) is 1. The third-order valence-electron chi connectivity index (χ3n) is 8.33. The van der Waals surface area contributed by atoms with Crippen molar-refractivity contribution in [3.05, 3.63) is 29.8 Å². The zero-order valence-corrected chi connectivity index (χ0v) is 25.0. The number of amides is 5. The van der Waals surface area contributed by atoms with Crippen LogP contribution in [0.4, 0.5) is 0 Å². The first-order chi connectivity index (χ1) is 20.1. The number of piperidine rings is 1. The number of nitrogens with one attached hydrogen (secondary N) is 3. The van der Waals surface area contributed by atoms with E-state index in [1.807, 2.05) is 29.4 Å². The number of hydrogen-bond donors (Lipinski definition) is 4. The van der Waals surface area contributed by atoms with Crippen LogP contribution in [0.5, 0.6) is 5.75 Å². The van der Waals surface area contributed by atoms with Gasteiger partial charge in [-0.25, -0.2) is 0 Å². The van der Waals surface area contributed by atoms with Gasteiger partial charge in [0.2, 0.25) is 23.6 Å². The Kier molecular flexibility index (Phi) is 10.7. The normalized spacial score (nSPS) is 25.7. The summed E-state index contributed by atoms with van der Waals surface area (Å²) < 4.78 is 5.75. The molecule has 2 bridgehead atoms. The molecule has 0 radical (unpaired) electrons. The van der Waals surface area contributed by atoms with Gasteiger partial charge in [-0.05, 0) is 68.4 Å². The number of thioether (sulfide) groups is 1. The smallest absolute Gasteiger partial charge is 0.258 e. The highest BCUT2D eigenvalue weighted by Crippen LogP contribution is 2.36. The summed E-state index contributed by atoms with van der Waals surface area (Å²) in [5.74, 6) is -0.913. The second-order valence-electron chi connectivity index (χ2n) is 11.4. The van der Waals surface area contributed by atoms with Crippen LogP contribution in [0.2, 0.25) is 0 Å². The number of nitrogens with zero attached hydrogens (tertiary/aromatic N) is 2. The molecule has 0 aromatic heterocycles. The summed E-state index contributed by atoms with van der Waals surface area (Å²) in [7, 11) is 0. The van der Waals surface area contributed by atoms with Gasteiger partial charge in [0.1, 0.15) is 23.9 Å². The average Bonchev–Trinajstić information content (AvgIpc) is 3.48. The van der Waals surface area contributed by atoms with E-state index in [1.54, 1.807) is 13.0 Å². The Morgan fingerprint density at radius 2 is 1.88 bits per heavy atom. The number of rotatable bonds is 3. The SMILES string of the molecule is CSCC(=O)N1CCC2(CC1)CNC(=O)[C@H](CO)NC(=O)[C@@H]1CCCN1C(=O)[C@H](C)NC(=O)COc1cccc(c1)C2. The number of fused-ring (bicyclic) bond motifs is 3. The highest BCUT2D eigenvalue weighted by Gasteiger charge is 2.39. The van der Waals surface area contributed by atoms with Gasteiger partial charge in [0, 0.05) is 26.2 Å². The van der Waals surface area contributed by atoms with E-state index in [0.29, 0.717) is 63.2 Å². The molecule has 13 heteroatoms. The largest absolute Gasteiger partial charge is 0.484 e. The van der Waals surface area contributed by atoms with E-state index in [2.05, 4.69) is 16.0 Å². The highest BCUT2D eigenvalue weighted by atomic mass is 32.2. The van der Waals surface area contributed by atoms with Crippen LogP contribution in [0.15, 0.2) is 24.3 Å². The van der Waals surface area contributed by atoms with Gasteiger partial charge >= 0.3 is 0 Å². The average molecular weight is 604 g/mol. The van der Waals surface area contributed by atoms with Crippen LogP contribution < -0.4 is 20.7 Å². The van der Waals surface area contributed by atoms with Gasteiger partial charge in [0.25, 0.3) is 5.91 Å². The lowest BCUT2D eigenvalue weighted by molar-refractivity contribution is -0.142. The van der Waals surface area contributed by atoms with Crippen molar-refractivity contribution >= 4 is 41.3 Å². The van der Waals surface area contributed by atoms with Crippen LogP contribution in [-0.4, -0.2) is 114 Å². The summed E-state index contributed by atoms with van der Waals surface area (Å²) in [6.45, 7) is 2.40. The van der Waals surface area contributed by atoms with Gasteiger partial charge in [-0.1, -0.05) is 12.1 Å². The summed E-state index contributed by atoms with van der Waals surface area (Å²) in [5.41, 5.74) is 0.555. The summed E-state index contributed by atoms with van der Waals surface area (Å²) >= 11 is 1.48. The monoisotopic (exact) mass is 603 g/mol. The van der Waals surface area contributed by atoms with Crippen molar-refractivity contribution in [1.82, 2.24) is 25.8 Å². The minimum absolute atomic E-state index is 0.0861. The first-order valence-corrected chi connectivity index (χ1v) is 15.8.